The molecule has 0 saturated carbocycles. The van der Waals surface area contributed by atoms with Crippen LogP contribution in [0.2, 0.25) is 10.0 Å². The van der Waals surface area contributed by atoms with E-state index in [1.165, 1.54) is 30.1 Å². The fraction of sp³-hybridized carbons (Fsp3) is 0.462. The van der Waals surface area contributed by atoms with Gasteiger partial charge in [-0.15, -0.1) is 0 Å². The van der Waals surface area contributed by atoms with Gasteiger partial charge in [0.15, 0.2) is 0 Å². The highest BCUT2D eigenvalue weighted by molar-refractivity contribution is 7.89. The summed E-state index contributed by atoms with van der Waals surface area (Å²) in [5.74, 6) is -0.370. The van der Waals surface area contributed by atoms with Crippen LogP contribution in [-0.2, 0) is 14.8 Å². The van der Waals surface area contributed by atoms with Gasteiger partial charge in [-0.25, -0.2) is 8.42 Å². The summed E-state index contributed by atoms with van der Waals surface area (Å²) in [6, 6.07) is 4.17. The Balaban J connectivity index is 2.77. The predicted molar refractivity (Wildman–Crippen MR) is 87.0 cm³/mol. The molecule has 6 nitrogen and oxygen atoms in total. The maximum absolute atomic E-state index is 12.4. The number of quaternary nitrogens is 1. The number of amides is 1. The lowest BCUT2D eigenvalue weighted by Crippen LogP contribution is -3.06. The Kier molecular flexibility index (Phi) is 7.08. The molecule has 1 aromatic rings. The van der Waals surface area contributed by atoms with Gasteiger partial charge in [0.2, 0.25) is 15.9 Å². The second-order valence-electron chi connectivity index (χ2n) is 5.14. The number of sulfonamides is 1. The number of rotatable bonds is 7. The third-order valence-corrected chi connectivity index (χ3v) is 5.41. The van der Waals surface area contributed by atoms with Gasteiger partial charge < -0.3 is 10.2 Å². The molecule has 1 amide bonds. The summed E-state index contributed by atoms with van der Waals surface area (Å²) in [6.45, 7) is 0.948. The van der Waals surface area contributed by atoms with Gasteiger partial charge >= 0.3 is 0 Å². The minimum atomic E-state index is -3.88. The predicted octanol–water partition coefficient (Wildman–Crippen LogP) is -0.125. The average Bonchev–Trinajstić information content (AvgIpc) is 2.40. The van der Waals surface area contributed by atoms with E-state index < -0.39 is 10.0 Å². The van der Waals surface area contributed by atoms with Gasteiger partial charge in [0.1, 0.15) is 4.90 Å². The van der Waals surface area contributed by atoms with Gasteiger partial charge in [0.25, 0.3) is 0 Å². The molecule has 0 aliphatic carbocycles. The second-order valence-corrected chi connectivity index (χ2v) is 8.00. The van der Waals surface area contributed by atoms with Crippen molar-refractivity contribution >= 4 is 39.1 Å². The van der Waals surface area contributed by atoms with Crippen LogP contribution in [0.4, 0.5) is 0 Å². The van der Waals surface area contributed by atoms with Gasteiger partial charge in [0.05, 0.1) is 38.8 Å². The normalized spacial score (nSPS) is 12.0. The number of nitrogens with one attached hydrogen (secondary N) is 2. The van der Waals surface area contributed by atoms with Crippen LogP contribution in [0.15, 0.2) is 23.1 Å². The van der Waals surface area contributed by atoms with Crippen LogP contribution in [0.3, 0.4) is 0 Å². The van der Waals surface area contributed by atoms with Crippen molar-refractivity contribution in [3.8, 4) is 0 Å². The minimum absolute atomic E-state index is 0.0628. The standard InChI is InChI=1S/C13H19Cl2N3O3S/c1-17(2)7-6-16-13(19)9-18(3)22(20,21)12-8-10(14)4-5-11(12)15/h4-5,8H,6-7,9H2,1-3H3,(H,16,19)/p+1. The molecule has 1 rings (SSSR count). The third-order valence-electron chi connectivity index (χ3n) is 2.89. The lowest BCUT2D eigenvalue weighted by Gasteiger charge is -2.18. The van der Waals surface area contributed by atoms with E-state index in [4.69, 9.17) is 23.2 Å². The Morgan fingerprint density at radius 3 is 2.55 bits per heavy atom. The van der Waals surface area contributed by atoms with E-state index in [-0.39, 0.29) is 27.4 Å². The number of likely N-dealkylation sites (N-methyl/N-ethyl adjacent to an activating group) is 2. The molecule has 0 atom stereocenters. The Hall–Kier alpha value is -0.860. The van der Waals surface area contributed by atoms with Gasteiger partial charge in [0, 0.05) is 12.1 Å². The number of hydrogen-bond acceptors (Lipinski definition) is 3. The molecular formula is C13H20Cl2N3O3S+. The van der Waals surface area contributed by atoms with Crippen molar-refractivity contribution in [3.05, 3.63) is 28.2 Å². The number of hydrogen-bond donors (Lipinski definition) is 2. The SMILES string of the molecule is CN(CC(=O)NCC[NH+](C)C)S(=O)(=O)c1cc(Cl)ccc1Cl. The van der Waals surface area contributed by atoms with Crippen LogP contribution in [-0.4, -0.2) is 59.4 Å². The molecule has 0 heterocycles. The molecule has 9 heteroatoms. The molecule has 2 N–H and O–H groups in total. The summed E-state index contributed by atoms with van der Waals surface area (Å²) in [5, 5.41) is 2.99. The number of carbonyl (C=O) groups is 1. The van der Waals surface area contributed by atoms with Crippen LogP contribution >= 0.6 is 23.2 Å². The summed E-state index contributed by atoms with van der Waals surface area (Å²) < 4.78 is 25.8. The van der Waals surface area contributed by atoms with Gasteiger partial charge in [-0.3, -0.25) is 4.79 Å². The molecular weight excluding hydrogens is 349 g/mol. The molecule has 0 aliphatic heterocycles. The Bertz CT molecular complexity index is 635. The first-order valence-corrected chi connectivity index (χ1v) is 8.81. The summed E-state index contributed by atoms with van der Waals surface area (Å²) in [4.78, 5) is 12.9. The highest BCUT2D eigenvalue weighted by Crippen LogP contribution is 2.26. The lowest BCUT2D eigenvalue weighted by molar-refractivity contribution is -0.856. The van der Waals surface area contributed by atoms with Crippen LogP contribution in [0.5, 0.6) is 0 Å². The Morgan fingerprint density at radius 2 is 1.95 bits per heavy atom. The second kappa shape index (κ2) is 8.12. The van der Waals surface area contributed by atoms with E-state index in [9.17, 15) is 13.2 Å². The third kappa shape index (κ3) is 5.40. The molecule has 0 saturated heterocycles. The van der Waals surface area contributed by atoms with Crippen LogP contribution in [0, 0.1) is 0 Å². The van der Waals surface area contributed by atoms with E-state index in [2.05, 4.69) is 5.32 Å². The topological polar surface area (TPSA) is 70.9 Å². The molecule has 1 aromatic carbocycles. The quantitative estimate of drug-likeness (QED) is 0.704. The van der Waals surface area contributed by atoms with E-state index >= 15 is 0 Å². The number of halogens is 2. The van der Waals surface area contributed by atoms with Crippen molar-refractivity contribution in [1.82, 2.24) is 9.62 Å². The molecule has 0 spiro atoms. The van der Waals surface area contributed by atoms with Crippen molar-refractivity contribution in [3.63, 3.8) is 0 Å². The lowest BCUT2D eigenvalue weighted by atomic mass is 10.4. The highest BCUT2D eigenvalue weighted by Gasteiger charge is 2.25. The summed E-state index contributed by atoms with van der Waals surface area (Å²) in [7, 11) is 1.37. The zero-order chi connectivity index (χ0) is 16.9. The van der Waals surface area contributed by atoms with Gasteiger partial charge in [-0.1, -0.05) is 23.2 Å². The van der Waals surface area contributed by atoms with E-state index in [1.54, 1.807) is 0 Å². The number of benzene rings is 1. The fourth-order valence-electron chi connectivity index (χ4n) is 1.64. The van der Waals surface area contributed by atoms with E-state index in [1.807, 2.05) is 14.1 Å². The molecule has 0 fully saturated rings. The number of nitrogens with zero attached hydrogens (tertiary/aromatic N) is 1. The molecule has 0 aliphatic rings. The molecule has 0 radical (unpaired) electrons. The maximum Gasteiger partial charge on any atom is 0.244 e. The summed E-state index contributed by atoms with van der Waals surface area (Å²) in [6.07, 6.45) is 0. The Morgan fingerprint density at radius 1 is 1.32 bits per heavy atom. The first-order chi connectivity index (χ1) is 10.1. The number of carbonyl (C=O) groups excluding carboxylic acids is 1. The van der Waals surface area contributed by atoms with Gasteiger partial charge in [-0.05, 0) is 18.2 Å². The van der Waals surface area contributed by atoms with Crippen LogP contribution < -0.4 is 10.2 Å². The van der Waals surface area contributed by atoms with Crippen molar-refractivity contribution in [2.45, 2.75) is 4.90 Å². The molecule has 124 valence electrons. The van der Waals surface area contributed by atoms with E-state index in [0.717, 1.165) is 10.8 Å². The van der Waals surface area contributed by atoms with Crippen molar-refractivity contribution in [2.75, 3.05) is 40.8 Å². The Labute approximate surface area is 141 Å². The summed E-state index contributed by atoms with van der Waals surface area (Å²) >= 11 is 11.7. The van der Waals surface area contributed by atoms with Gasteiger partial charge in [-0.2, -0.15) is 4.31 Å². The minimum Gasteiger partial charge on any atom is -0.349 e. The molecule has 0 aromatic heterocycles. The highest BCUT2D eigenvalue weighted by atomic mass is 35.5. The maximum atomic E-state index is 12.4. The van der Waals surface area contributed by atoms with Crippen LogP contribution in [0.1, 0.15) is 0 Å². The van der Waals surface area contributed by atoms with Crippen molar-refractivity contribution in [1.29, 1.82) is 0 Å². The largest absolute Gasteiger partial charge is 0.349 e. The first kappa shape index (κ1) is 19.2. The van der Waals surface area contributed by atoms with Crippen molar-refractivity contribution in [2.24, 2.45) is 0 Å². The van der Waals surface area contributed by atoms with Crippen molar-refractivity contribution < 1.29 is 18.1 Å². The zero-order valence-corrected chi connectivity index (χ0v) is 15.0. The molecule has 22 heavy (non-hydrogen) atoms. The smallest absolute Gasteiger partial charge is 0.244 e. The molecule has 0 unspecified atom stereocenters. The average molecular weight is 369 g/mol. The summed E-state index contributed by atoms with van der Waals surface area (Å²) in [5.41, 5.74) is 0. The fourth-order valence-corrected chi connectivity index (χ4v) is 3.50. The first-order valence-electron chi connectivity index (χ1n) is 6.61. The van der Waals surface area contributed by atoms with Crippen LogP contribution in [0.25, 0.3) is 0 Å². The monoisotopic (exact) mass is 368 g/mol. The van der Waals surface area contributed by atoms with E-state index in [0.29, 0.717) is 6.54 Å². The zero-order valence-electron chi connectivity index (χ0n) is 12.7. The molecule has 0 bridgehead atoms.